The van der Waals surface area contributed by atoms with Crippen LogP contribution < -0.4 is 0 Å². The van der Waals surface area contributed by atoms with E-state index in [1.54, 1.807) is 6.20 Å². The molecule has 4 nitrogen and oxygen atoms in total. The molecule has 0 aromatic carbocycles. The molecule has 0 aliphatic heterocycles. The summed E-state index contributed by atoms with van der Waals surface area (Å²) in [5.41, 5.74) is 0.107. The Bertz CT molecular complexity index is 470. The maximum Gasteiger partial charge on any atom is 0.392 e. The minimum absolute atomic E-state index is 0.107. The van der Waals surface area contributed by atoms with Crippen LogP contribution in [0.4, 0.5) is 0 Å². The zero-order valence-corrected chi connectivity index (χ0v) is 10.3. The number of carboxylic acids is 1. The highest BCUT2D eigenvalue weighted by Crippen LogP contribution is 2.60. The summed E-state index contributed by atoms with van der Waals surface area (Å²) >= 11 is 0. The number of rotatable bonds is 2. The van der Waals surface area contributed by atoms with Gasteiger partial charge in [0.2, 0.25) is 0 Å². The summed E-state index contributed by atoms with van der Waals surface area (Å²) < 4.78 is 5.52. The lowest BCUT2D eigenvalue weighted by Gasteiger charge is -2.55. The number of carbonyl (C=O) groups is 1. The van der Waals surface area contributed by atoms with E-state index in [0.29, 0.717) is 0 Å². The highest BCUT2D eigenvalue weighted by molar-refractivity contribution is 5.82. The van der Waals surface area contributed by atoms with E-state index < -0.39 is 5.97 Å². The molecule has 5 rings (SSSR count). The quantitative estimate of drug-likeness (QED) is 0.872. The van der Waals surface area contributed by atoms with E-state index in [2.05, 4.69) is 4.98 Å². The van der Waals surface area contributed by atoms with E-state index in [4.69, 9.17) is 9.52 Å². The number of carboxylic acid groups (broad SMARTS) is 1. The summed E-state index contributed by atoms with van der Waals surface area (Å²) in [4.78, 5) is 14.8. The second-order valence-electron chi connectivity index (χ2n) is 6.53. The van der Waals surface area contributed by atoms with Crippen LogP contribution in [0.15, 0.2) is 10.6 Å². The topological polar surface area (TPSA) is 63.3 Å². The van der Waals surface area contributed by atoms with Gasteiger partial charge in [0.15, 0.2) is 0 Å². The third-order valence-corrected chi connectivity index (χ3v) is 5.25. The number of hydrogen-bond acceptors (Lipinski definition) is 3. The monoisotopic (exact) mass is 247 g/mol. The molecular weight excluding hydrogens is 230 g/mol. The first-order chi connectivity index (χ1) is 8.64. The van der Waals surface area contributed by atoms with Crippen molar-refractivity contribution < 1.29 is 14.3 Å². The zero-order chi connectivity index (χ0) is 12.3. The van der Waals surface area contributed by atoms with Crippen molar-refractivity contribution in [2.45, 2.75) is 43.9 Å². The first-order valence-electron chi connectivity index (χ1n) is 6.84. The molecule has 1 aromatic rings. The molecule has 0 amide bonds. The van der Waals surface area contributed by atoms with Gasteiger partial charge < -0.3 is 9.52 Å². The SMILES string of the molecule is O=C(O)c1ncc(C23CC4CC(CC(C4)C2)C3)o1. The average molecular weight is 247 g/mol. The third-order valence-electron chi connectivity index (χ3n) is 5.25. The molecule has 0 unspecified atom stereocenters. The summed E-state index contributed by atoms with van der Waals surface area (Å²) in [6.45, 7) is 0. The predicted molar refractivity (Wildman–Crippen MR) is 63.3 cm³/mol. The van der Waals surface area contributed by atoms with Crippen molar-refractivity contribution in [1.82, 2.24) is 4.98 Å². The Balaban J connectivity index is 1.72. The van der Waals surface area contributed by atoms with Gasteiger partial charge in [-0.1, -0.05) is 0 Å². The molecule has 0 saturated heterocycles. The Kier molecular flexibility index (Phi) is 1.98. The Hall–Kier alpha value is -1.32. The molecule has 0 spiro atoms. The van der Waals surface area contributed by atoms with Crippen LogP contribution in [-0.2, 0) is 5.41 Å². The molecule has 4 fully saturated rings. The highest BCUT2D eigenvalue weighted by Gasteiger charge is 2.53. The van der Waals surface area contributed by atoms with E-state index in [1.807, 2.05) is 0 Å². The van der Waals surface area contributed by atoms with Crippen LogP contribution in [0.25, 0.3) is 0 Å². The van der Waals surface area contributed by atoms with Crippen LogP contribution in [0.3, 0.4) is 0 Å². The minimum atomic E-state index is -1.06. The molecule has 4 saturated carbocycles. The fourth-order valence-corrected chi connectivity index (χ4v) is 5.03. The second kappa shape index (κ2) is 3.37. The molecule has 1 aromatic heterocycles. The maximum atomic E-state index is 10.9. The van der Waals surface area contributed by atoms with Crippen LogP contribution in [0, 0.1) is 17.8 Å². The molecule has 0 radical (unpaired) electrons. The van der Waals surface area contributed by atoms with Crippen molar-refractivity contribution in [1.29, 1.82) is 0 Å². The minimum Gasteiger partial charge on any atom is -0.474 e. The summed E-state index contributed by atoms with van der Waals surface area (Å²) in [7, 11) is 0. The fraction of sp³-hybridized carbons (Fsp3) is 0.714. The van der Waals surface area contributed by atoms with Crippen molar-refractivity contribution >= 4 is 5.97 Å². The molecule has 18 heavy (non-hydrogen) atoms. The van der Waals surface area contributed by atoms with Crippen LogP contribution in [0.5, 0.6) is 0 Å². The van der Waals surface area contributed by atoms with Gasteiger partial charge in [-0.25, -0.2) is 9.78 Å². The van der Waals surface area contributed by atoms with Crippen molar-refractivity contribution in [2.75, 3.05) is 0 Å². The Labute approximate surface area is 105 Å². The number of hydrogen-bond donors (Lipinski definition) is 1. The first kappa shape index (κ1) is 10.6. The summed E-state index contributed by atoms with van der Waals surface area (Å²) in [5.74, 6) is 2.10. The van der Waals surface area contributed by atoms with Gasteiger partial charge in [0.25, 0.3) is 0 Å². The molecule has 1 heterocycles. The number of aromatic nitrogens is 1. The molecule has 4 aliphatic rings. The fourth-order valence-electron chi connectivity index (χ4n) is 5.03. The molecule has 1 N–H and O–H groups in total. The maximum absolute atomic E-state index is 10.9. The lowest BCUT2D eigenvalue weighted by atomic mass is 9.49. The van der Waals surface area contributed by atoms with Crippen LogP contribution in [-0.4, -0.2) is 16.1 Å². The standard InChI is InChI=1S/C14H17NO3/c16-13(17)12-15-7-11(18-12)14-4-8-1-9(5-14)3-10(2-8)6-14/h7-10H,1-6H2,(H,16,17). The van der Waals surface area contributed by atoms with E-state index in [1.165, 1.54) is 38.5 Å². The normalized spacial score (nSPS) is 41.2. The Morgan fingerprint density at radius 1 is 1.22 bits per heavy atom. The molecule has 0 atom stereocenters. The second-order valence-corrected chi connectivity index (χ2v) is 6.53. The Morgan fingerprint density at radius 3 is 2.22 bits per heavy atom. The van der Waals surface area contributed by atoms with Gasteiger partial charge in [0.05, 0.1) is 6.20 Å². The summed E-state index contributed by atoms with van der Waals surface area (Å²) in [6.07, 6.45) is 9.31. The lowest BCUT2D eigenvalue weighted by Crippen LogP contribution is -2.48. The van der Waals surface area contributed by atoms with Gasteiger partial charge in [0.1, 0.15) is 5.76 Å². The summed E-state index contributed by atoms with van der Waals surface area (Å²) in [5, 5.41) is 8.92. The average Bonchev–Trinajstić information content (AvgIpc) is 2.76. The van der Waals surface area contributed by atoms with Gasteiger partial charge in [-0.3, -0.25) is 0 Å². The van der Waals surface area contributed by atoms with Crippen molar-refractivity contribution in [3.8, 4) is 0 Å². The lowest BCUT2D eigenvalue weighted by molar-refractivity contribution is -0.0156. The third kappa shape index (κ3) is 1.38. The van der Waals surface area contributed by atoms with E-state index in [0.717, 1.165) is 23.5 Å². The molecular formula is C14H17NO3. The van der Waals surface area contributed by atoms with E-state index >= 15 is 0 Å². The largest absolute Gasteiger partial charge is 0.474 e. The van der Waals surface area contributed by atoms with E-state index in [-0.39, 0.29) is 11.3 Å². The van der Waals surface area contributed by atoms with Gasteiger partial charge in [0, 0.05) is 5.41 Å². The van der Waals surface area contributed by atoms with Crippen molar-refractivity contribution in [3.63, 3.8) is 0 Å². The van der Waals surface area contributed by atoms with Crippen LogP contribution in [0.1, 0.15) is 55.0 Å². The van der Waals surface area contributed by atoms with Crippen LogP contribution >= 0.6 is 0 Å². The number of nitrogens with zero attached hydrogens (tertiary/aromatic N) is 1. The molecule has 4 aliphatic carbocycles. The first-order valence-corrected chi connectivity index (χ1v) is 6.84. The molecule has 4 bridgehead atoms. The highest BCUT2D eigenvalue weighted by atomic mass is 16.4. The number of oxazole rings is 1. The zero-order valence-electron chi connectivity index (χ0n) is 10.3. The predicted octanol–water partition coefficient (Wildman–Crippen LogP) is 2.84. The summed E-state index contributed by atoms with van der Waals surface area (Å²) in [6, 6.07) is 0. The molecule has 96 valence electrons. The van der Waals surface area contributed by atoms with Crippen molar-refractivity contribution in [2.24, 2.45) is 17.8 Å². The van der Waals surface area contributed by atoms with Gasteiger partial charge in [-0.05, 0) is 56.3 Å². The molecule has 4 heteroatoms. The van der Waals surface area contributed by atoms with Gasteiger partial charge in [-0.2, -0.15) is 0 Å². The van der Waals surface area contributed by atoms with Gasteiger partial charge >= 0.3 is 11.9 Å². The number of aromatic carboxylic acids is 1. The van der Waals surface area contributed by atoms with Crippen LogP contribution in [0.2, 0.25) is 0 Å². The van der Waals surface area contributed by atoms with Gasteiger partial charge in [-0.15, -0.1) is 0 Å². The van der Waals surface area contributed by atoms with E-state index in [9.17, 15) is 4.79 Å². The van der Waals surface area contributed by atoms with Crippen molar-refractivity contribution in [3.05, 3.63) is 17.8 Å². The smallest absolute Gasteiger partial charge is 0.392 e. The Morgan fingerprint density at radius 2 is 1.78 bits per heavy atom.